The van der Waals surface area contributed by atoms with E-state index in [0.717, 1.165) is 34.5 Å². The van der Waals surface area contributed by atoms with Crippen molar-refractivity contribution in [1.29, 1.82) is 0 Å². The van der Waals surface area contributed by atoms with Gasteiger partial charge in [-0.05, 0) is 66.4 Å². The van der Waals surface area contributed by atoms with Gasteiger partial charge in [-0.15, -0.1) is 0 Å². The Morgan fingerprint density at radius 1 is 1.39 bits per heavy atom. The molecule has 0 aliphatic heterocycles. The van der Waals surface area contributed by atoms with Gasteiger partial charge in [0.2, 0.25) is 0 Å². The molecule has 0 aromatic carbocycles. The van der Waals surface area contributed by atoms with Crippen molar-refractivity contribution in [2.45, 2.75) is 39.2 Å². The van der Waals surface area contributed by atoms with Gasteiger partial charge >= 0.3 is 0 Å². The van der Waals surface area contributed by atoms with Crippen molar-refractivity contribution in [1.82, 2.24) is 15.1 Å². The lowest BCUT2D eigenvalue weighted by molar-refractivity contribution is 0.317. The standard InChI is InChI=1S/C14H22BrN3/c1-9-14(15)13(18(2)17-9)8-16-7-12-6-10-3-4-11(12)5-10/h10-12,16H,3-8H2,1-2H3. The van der Waals surface area contributed by atoms with Crippen LogP contribution >= 0.6 is 15.9 Å². The molecule has 0 amide bonds. The fourth-order valence-electron chi connectivity index (χ4n) is 3.87. The molecule has 1 aromatic heterocycles. The van der Waals surface area contributed by atoms with Crippen LogP contribution in [0.3, 0.4) is 0 Å². The Hall–Kier alpha value is -0.350. The molecule has 3 rings (SSSR count). The lowest BCUT2D eigenvalue weighted by atomic mass is 9.89. The van der Waals surface area contributed by atoms with Gasteiger partial charge in [-0.25, -0.2) is 0 Å². The minimum Gasteiger partial charge on any atom is -0.311 e. The molecule has 2 aliphatic carbocycles. The average molecular weight is 312 g/mol. The van der Waals surface area contributed by atoms with Crippen molar-refractivity contribution >= 4 is 15.9 Å². The van der Waals surface area contributed by atoms with Crippen LogP contribution in [0.2, 0.25) is 0 Å². The number of aryl methyl sites for hydroxylation is 2. The third-order valence-corrected chi connectivity index (χ3v) is 5.88. The zero-order valence-corrected chi connectivity index (χ0v) is 12.8. The lowest BCUT2D eigenvalue weighted by Gasteiger charge is -2.21. The zero-order valence-electron chi connectivity index (χ0n) is 11.2. The van der Waals surface area contributed by atoms with Crippen molar-refractivity contribution in [2.24, 2.45) is 24.8 Å². The van der Waals surface area contributed by atoms with Crippen LogP contribution in [0.5, 0.6) is 0 Å². The number of fused-ring (bicyclic) bond motifs is 2. The molecular weight excluding hydrogens is 290 g/mol. The number of nitrogens with one attached hydrogen (secondary N) is 1. The largest absolute Gasteiger partial charge is 0.311 e. The molecule has 2 saturated carbocycles. The Morgan fingerprint density at radius 3 is 2.78 bits per heavy atom. The summed E-state index contributed by atoms with van der Waals surface area (Å²) in [6.45, 7) is 4.15. The monoisotopic (exact) mass is 311 g/mol. The second-order valence-electron chi connectivity index (χ2n) is 6.04. The van der Waals surface area contributed by atoms with Crippen molar-refractivity contribution in [3.8, 4) is 0 Å². The molecule has 3 unspecified atom stereocenters. The van der Waals surface area contributed by atoms with Gasteiger partial charge in [0.25, 0.3) is 0 Å². The quantitative estimate of drug-likeness (QED) is 0.926. The van der Waals surface area contributed by atoms with Crippen molar-refractivity contribution in [3.05, 3.63) is 15.9 Å². The Kier molecular flexibility index (Phi) is 3.50. The van der Waals surface area contributed by atoms with E-state index in [1.807, 2.05) is 18.7 Å². The number of halogens is 1. The minimum atomic E-state index is 0.922. The Bertz CT molecular complexity index is 440. The first-order valence-corrected chi connectivity index (χ1v) is 7.83. The molecule has 0 saturated heterocycles. The van der Waals surface area contributed by atoms with Gasteiger partial charge in [0.15, 0.2) is 0 Å². The van der Waals surface area contributed by atoms with Crippen molar-refractivity contribution < 1.29 is 0 Å². The predicted molar refractivity (Wildman–Crippen MR) is 76.3 cm³/mol. The maximum Gasteiger partial charge on any atom is 0.0739 e. The molecule has 3 nitrogen and oxygen atoms in total. The van der Waals surface area contributed by atoms with Gasteiger partial charge < -0.3 is 5.32 Å². The topological polar surface area (TPSA) is 29.9 Å². The molecule has 18 heavy (non-hydrogen) atoms. The van der Waals surface area contributed by atoms with E-state index < -0.39 is 0 Å². The Balaban J connectivity index is 1.53. The fraction of sp³-hybridized carbons (Fsp3) is 0.786. The molecule has 2 aliphatic rings. The highest BCUT2D eigenvalue weighted by molar-refractivity contribution is 9.10. The maximum absolute atomic E-state index is 4.43. The number of aromatic nitrogens is 2. The number of hydrogen-bond acceptors (Lipinski definition) is 2. The van der Waals surface area contributed by atoms with Crippen LogP contribution in [0.1, 0.15) is 37.1 Å². The van der Waals surface area contributed by atoms with Gasteiger partial charge in [0.1, 0.15) is 0 Å². The summed E-state index contributed by atoms with van der Waals surface area (Å²) < 4.78 is 3.14. The summed E-state index contributed by atoms with van der Waals surface area (Å²) in [5.74, 6) is 2.99. The second kappa shape index (κ2) is 4.97. The summed E-state index contributed by atoms with van der Waals surface area (Å²) in [7, 11) is 2.02. The third kappa shape index (κ3) is 2.25. The van der Waals surface area contributed by atoms with Crippen molar-refractivity contribution in [3.63, 3.8) is 0 Å². The molecule has 1 heterocycles. The maximum atomic E-state index is 4.43. The van der Waals surface area contributed by atoms with E-state index in [1.54, 1.807) is 0 Å². The molecule has 4 heteroatoms. The van der Waals surface area contributed by atoms with Crippen LogP contribution in [-0.2, 0) is 13.6 Å². The smallest absolute Gasteiger partial charge is 0.0739 e. The van der Waals surface area contributed by atoms with E-state index >= 15 is 0 Å². The van der Waals surface area contributed by atoms with Gasteiger partial charge in [-0.3, -0.25) is 4.68 Å². The summed E-state index contributed by atoms with van der Waals surface area (Å²) in [6.07, 6.45) is 5.93. The summed E-state index contributed by atoms with van der Waals surface area (Å²) in [4.78, 5) is 0. The van der Waals surface area contributed by atoms with E-state index in [0.29, 0.717) is 0 Å². The van der Waals surface area contributed by atoms with Gasteiger partial charge in [-0.2, -0.15) is 5.10 Å². The highest BCUT2D eigenvalue weighted by atomic mass is 79.9. The first-order valence-electron chi connectivity index (χ1n) is 7.04. The zero-order chi connectivity index (χ0) is 12.7. The van der Waals surface area contributed by atoms with E-state index in [9.17, 15) is 0 Å². The van der Waals surface area contributed by atoms with Gasteiger partial charge in [0, 0.05) is 13.6 Å². The van der Waals surface area contributed by atoms with E-state index in [2.05, 4.69) is 26.3 Å². The van der Waals surface area contributed by atoms with E-state index in [4.69, 9.17) is 0 Å². The molecule has 2 fully saturated rings. The lowest BCUT2D eigenvalue weighted by Crippen LogP contribution is -2.27. The van der Waals surface area contributed by atoms with E-state index in [1.165, 1.54) is 37.9 Å². The Morgan fingerprint density at radius 2 is 2.22 bits per heavy atom. The first-order chi connectivity index (χ1) is 8.65. The van der Waals surface area contributed by atoms with E-state index in [-0.39, 0.29) is 0 Å². The van der Waals surface area contributed by atoms with Crippen molar-refractivity contribution in [2.75, 3.05) is 6.54 Å². The summed E-state index contributed by atoms with van der Waals surface area (Å²) >= 11 is 3.62. The molecule has 1 aromatic rings. The highest BCUT2D eigenvalue weighted by Gasteiger charge is 2.38. The highest BCUT2D eigenvalue weighted by Crippen LogP contribution is 2.47. The average Bonchev–Trinajstić information content (AvgIpc) is 3.00. The first kappa shape index (κ1) is 12.7. The molecule has 0 radical (unpaired) electrons. The van der Waals surface area contributed by atoms with Crippen LogP contribution in [0.4, 0.5) is 0 Å². The van der Waals surface area contributed by atoms with Gasteiger partial charge in [-0.1, -0.05) is 6.42 Å². The van der Waals surface area contributed by atoms with Crippen LogP contribution in [-0.4, -0.2) is 16.3 Å². The molecule has 3 atom stereocenters. The fourth-order valence-corrected chi connectivity index (χ4v) is 4.35. The molecular formula is C14H22BrN3. The second-order valence-corrected chi connectivity index (χ2v) is 6.83. The van der Waals surface area contributed by atoms with Crippen LogP contribution in [0.15, 0.2) is 4.47 Å². The van der Waals surface area contributed by atoms with Crippen LogP contribution in [0.25, 0.3) is 0 Å². The van der Waals surface area contributed by atoms with Crippen LogP contribution < -0.4 is 5.32 Å². The SMILES string of the molecule is Cc1nn(C)c(CNCC2CC3CCC2C3)c1Br. The molecule has 100 valence electrons. The molecule has 1 N–H and O–H groups in total. The molecule has 0 spiro atoms. The van der Waals surface area contributed by atoms with Gasteiger partial charge in [0.05, 0.1) is 15.9 Å². The summed E-state index contributed by atoms with van der Waals surface area (Å²) in [5, 5.41) is 8.06. The number of rotatable bonds is 4. The predicted octanol–water partition coefficient (Wildman–Crippen LogP) is 3.02. The third-order valence-electron chi connectivity index (χ3n) is 4.85. The summed E-state index contributed by atoms with van der Waals surface area (Å²) in [6, 6.07) is 0. The molecule has 2 bridgehead atoms. The van der Waals surface area contributed by atoms with Crippen LogP contribution in [0, 0.1) is 24.7 Å². The minimum absolute atomic E-state index is 0.922. The summed E-state index contributed by atoms with van der Waals surface area (Å²) in [5.41, 5.74) is 2.34. The Labute approximate surface area is 117 Å². The number of nitrogens with zero attached hydrogens (tertiary/aromatic N) is 2. The number of hydrogen-bond donors (Lipinski definition) is 1. The normalized spacial score (nSPS) is 30.3.